The van der Waals surface area contributed by atoms with Crippen LogP contribution in [0.25, 0.3) is 0 Å². The Kier molecular flexibility index (Phi) is 4.68. The molecule has 0 amide bonds. The molecule has 1 fully saturated rings. The number of ether oxygens (including phenoxy) is 1. The van der Waals surface area contributed by atoms with Gasteiger partial charge in [-0.05, 0) is 49.9 Å². The van der Waals surface area contributed by atoms with E-state index in [0.717, 1.165) is 11.1 Å². The van der Waals surface area contributed by atoms with Gasteiger partial charge in [-0.25, -0.2) is 8.42 Å². The second-order valence-corrected chi connectivity index (χ2v) is 7.46. The van der Waals surface area contributed by atoms with Crippen LogP contribution in [-0.4, -0.2) is 38.9 Å². The lowest BCUT2D eigenvalue weighted by Crippen LogP contribution is -2.40. The van der Waals surface area contributed by atoms with Gasteiger partial charge in [-0.3, -0.25) is 4.79 Å². The monoisotopic (exact) mass is 311 g/mol. The average Bonchev–Trinajstić information content (AvgIpc) is 2.45. The Morgan fingerprint density at radius 3 is 2.14 bits per heavy atom. The van der Waals surface area contributed by atoms with Crippen LogP contribution in [-0.2, 0) is 19.6 Å². The summed E-state index contributed by atoms with van der Waals surface area (Å²) in [6, 6.07) is 5.33. The van der Waals surface area contributed by atoms with Crippen LogP contribution in [0.4, 0.5) is 0 Å². The van der Waals surface area contributed by atoms with E-state index in [1.807, 2.05) is 19.9 Å². The molecule has 0 radical (unpaired) electrons. The van der Waals surface area contributed by atoms with Gasteiger partial charge in [-0.2, -0.15) is 4.31 Å². The molecule has 0 spiro atoms. The second-order valence-electron chi connectivity index (χ2n) is 5.52. The van der Waals surface area contributed by atoms with Gasteiger partial charge in [0.05, 0.1) is 17.9 Å². The number of carbonyl (C=O) groups excluding carboxylic acids is 1. The van der Waals surface area contributed by atoms with Gasteiger partial charge >= 0.3 is 5.97 Å². The van der Waals surface area contributed by atoms with E-state index in [9.17, 15) is 13.2 Å². The highest BCUT2D eigenvalue weighted by Crippen LogP contribution is 2.25. The van der Waals surface area contributed by atoms with Gasteiger partial charge in [0.15, 0.2) is 0 Å². The lowest BCUT2D eigenvalue weighted by Gasteiger charge is -2.30. The number of hydrogen-bond donors (Lipinski definition) is 0. The Balaban J connectivity index is 2.16. The molecule has 1 saturated heterocycles. The number of sulfonamides is 1. The third-order valence-corrected chi connectivity index (χ3v) is 5.70. The number of esters is 1. The van der Waals surface area contributed by atoms with Gasteiger partial charge in [0.25, 0.3) is 0 Å². The molecule has 1 aromatic rings. The van der Waals surface area contributed by atoms with Crippen LogP contribution in [0.1, 0.15) is 24.0 Å². The van der Waals surface area contributed by atoms with Gasteiger partial charge in [-0.1, -0.05) is 6.07 Å². The molecule has 1 aliphatic heterocycles. The van der Waals surface area contributed by atoms with Gasteiger partial charge in [0.1, 0.15) is 0 Å². The van der Waals surface area contributed by atoms with E-state index in [1.54, 1.807) is 12.1 Å². The van der Waals surface area contributed by atoms with Crippen molar-refractivity contribution in [1.82, 2.24) is 4.31 Å². The quantitative estimate of drug-likeness (QED) is 0.800. The summed E-state index contributed by atoms with van der Waals surface area (Å²) in [6.07, 6.45) is 1.02. The third kappa shape index (κ3) is 3.44. The molecule has 21 heavy (non-hydrogen) atoms. The molecule has 0 aliphatic carbocycles. The van der Waals surface area contributed by atoms with E-state index in [4.69, 9.17) is 4.74 Å². The van der Waals surface area contributed by atoms with Crippen LogP contribution >= 0.6 is 0 Å². The Bertz CT molecular complexity index is 611. The van der Waals surface area contributed by atoms with Crippen molar-refractivity contribution in [1.29, 1.82) is 0 Å². The number of hydrogen-bond acceptors (Lipinski definition) is 4. The van der Waals surface area contributed by atoms with Crippen molar-refractivity contribution in [2.75, 3.05) is 20.2 Å². The number of benzene rings is 1. The normalized spacial score (nSPS) is 17.7. The average molecular weight is 311 g/mol. The Morgan fingerprint density at radius 1 is 1.14 bits per heavy atom. The number of carbonyl (C=O) groups is 1. The smallest absolute Gasteiger partial charge is 0.308 e. The molecule has 1 heterocycles. The van der Waals surface area contributed by atoms with Crippen molar-refractivity contribution in [2.24, 2.45) is 5.92 Å². The van der Waals surface area contributed by atoms with E-state index in [2.05, 4.69) is 0 Å². The summed E-state index contributed by atoms with van der Waals surface area (Å²) in [7, 11) is -2.12. The molecule has 1 aromatic carbocycles. The fourth-order valence-corrected chi connectivity index (χ4v) is 4.39. The fourth-order valence-electron chi connectivity index (χ4n) is 2.73. The lowest BCUT2D eigenvalue weighted by atomic mass is 9.99. The maximum Gasteiger partial charge on any atom is 0.308 e. The molecule has 0 N–H and O–H groups in total. The van der Waals surface area contributed by atoms with Crippen LogP contribution < -0.4 is 0 Å². The first-order valence-electron chi connectivity index (χ1n) is 7.01. The molecule has 0 aromatic heterocycles. The lowest BCUT2D eigenvalue weighted by molar-refractivity contribution is -0.146. The third-order valence-electron chi connectivity index (χ3n) is 3.82. The van der Waals surface area contributed by atoms with E-state index < -0.39 is 10.0 Å². The van der Waals surface area contributed by atoms with Crippen molar-refractivity contribution < 1.29 is 17.9 Å². The molecule has 0 atom stereocenters. The topological polar surface area (TPSA) is 63.7 Å². The Hall–Kier alpha value is -1.40. The Morgan fingerprint density at radius 2 is 1.67 bits per heavy atom. The number of rotatable bonds is 3. The first kappa shape index (κ1) is 16.0. The molecule has 0 bridgehead atoms. The minimum absolute atomic E-state index is 0.194. The summed E-state index contributed by atoms with van der Waals surface area (Å²) < 4.78 is 31.5. The van der Waals surface area contributed by atoms with Crippen LogP contribution in [0.15, 0.2) is 23.1 Å². The standard InChI is InChI=1S/C15H21NO4S/c1-11-8-12(2)10-14(9-11)21(18,19)16-6-4-13(5-7-16)15(17)20-3/h8-10,13H,4-7H2,1-3H3. The summed E-state index contributed by atoms with van der Waals surface area (Å²) in [5, 5.41) is 0. The zero-order valence-corrected chi connectivity index (χ0v) is 13.4. The number of piperidine rings is 1. The molecule has 5 nitrogen and oxygen atoms in total. The van der Waals surface area contributed by atoms with Crippen molar-refractivity contribution in [3.63, 3.8) is 0 Å². The number of aryl methyl sites for hydroxylation is 2. The fraction of sp³-hybridized carbons (Fsp3) is 0.533. The van der Waals surface area contributed by atoms with Gasteiger partial charge in [-0.15, -0.1) is 0 Å². The Labute approximate surface area is 126 Å². The van der Waals surface area contributed by atoms with Crippen LogP contribution in [0.2, 0.25) is 0 Å². The molecule has 0 saturated carbocycles. The number of methoxy groups -OCH3 is 1. The highest BCUT2D eigenvalue weighted by atomic mass is 32.2. The zero-order chi connectivity index (χ0) is 15.6. The van der Waals surface area contributed by atoms with Crippen LogP contribution in [0.5, 0.6) is 0 Å². The second kappa shape index (κ2) is 6.15. The molecule has 6 heteroatoms. The van der Waals surface area contributed by atoms with E-state index >= 15 is 0 Å². The minimum atomic E-state index is -3.48. The molecule has 2 rings (SSSR count). The molecule has 116 valence electrons. The summed E-state index contributed by atoms with van der Waals surface area (Å²) in [5.74, 6) is -0.445. The SMILES string of the molecule is COC(=O)C1CCN(S(=O)(=O)c2cc(C)cc(C)c2)CC1. The highest BCUT2D eigenvalue weighted by Gasteiger charge is 2.32. The summed E-state index contributed by atoms with van der Waals surface area (Å²) >= 11 is 0. The maximum atomic E-state index is 12.6. The minimum Gasteiger partial charge on any atom is -0.469 e. The first-order chi connectivity index (χ1) is 9.84. The van der Waals surface area contributed by atoms with Gasteiger partial charge in [0, 0.05) is 13.1 Å². The summed E-state index contributed by atoms with van der Waals surface area (Å²) in [5.41, 5.74) is 1.86. The van der Waals surface area contributed by atoms with Crippen LogP contribution in [0, 0.1) is 19.8 Å². The predicted molar refractivity (Wildman–Crippen MR) is 79.4 cm³/mol. The summed E-state index contributed by atoms with van der Waals surface area (Å²) in [4.78, 5) is 11.8. The van der Waals surface area contributed by atoms with Crippen molar-refractivity contribution in [2.45, 2.75) is 31.6 Å². The predicted octanol–water partition coefficient (Wildman–Crippen LogP) is 1.88. The highest BCUT2D eigenvalue weighted by molar-refractivity contribution is 7.89. The largest absolute Gasteiger partial charge is 0.469 e. The molecule has 1 aliphatic rings. The zero-order valence-electron chi connectivity index (χ0n) is 12.6. The number of nitrogens with zero attached hydrogens (tertiary/aromatic N) is 1. The molecular formula is C15H21NO4S. The van der Waals surface area contributed by atoms with E-state index in [-0.39, 0.29) is 11.9 Å². The summed E-state index contributed by atoms with van der Waals surface area (Å²) in [6.45, 7) is 4.48. The van der Waals surface area contributed by atoms with Crippen LogP contribution in [0.3, 0.4) is 0 Å². The molecular weight excluding hydrogens is 290 g/mol. The van der Waals surface area contributed by atoms with Gasteiger partial charge in [0.2, 0.25) is 10.0 Å². The van der Waals surface area contributed by atoms with E-state index in [0.29, 0.717) is 30.8 Å². The van der Waals surface area contributed by atoms with Crippen molar-refractivity contribution in [3.8, 4) is 0 Å². The van der Waals surface area contributed by atoms with Crippen molar-refractivity contribution in [3.05, 3.63) is 29.3 Å². The maximum absolute atomic E-state index is 12.6. The first-order valence-corrected chi connectivity index (χ1v) is 8.45. The molecule has 0 unspecified atom stereocenters. The van der Waals surface area contributed by atoms with Crippen molar-refractivity contribution >= 4 is 16.0 Å². The van der Waals surface area contributed by atoms with E-state index in [1.165, 1.54) is 11.4 Å². The van der Waals surface area contributed by atoms with Gasteiger partial charge < -0.3 is 4.74 Å².